The van der Waals surface area contributed by atoms with Crippen molar-refractivity contribution in [2.75, 3.05) is 26.2 Å². The average molecular weight is 226 g/mol. The molecule has 0 aromatic rings. The lowest BCUT2D eigenvalue weighted by atomic mass is 9.90. The van der Waals surface area contributed by atoms with E-state index in [0.717, 1.165) is 12.5 Å². The van der Waals surface area contributed by atoms with Gasteiger partial charge in [0, 0.05) is 6.04 Å². The predicted octanol–water partition coefficient (Wildman–Crippen LogP) is 2.89. The van der Waals surface area contributed by atoms with Crippen molar-refractivity contribution in [1.29, 1.82) is 0 Å². The summed E-state index contributed by atoms with van der Waals surface area (Å²) in [6.45, 7) is 11.9. The third kappa shape index (κ3) is 4.84. The number of likely N-dealkylation sites (tertiary alicyclic amines) is 1. The van der Waals surface area contributed by atoms with E-state index in [1.807, 2.05) is 0 Å². The maximum absolute atomic E-state index is 3.56. The molecular weight excluding hydrogens is 196 g/mol. The fourth-order valence-corrected chi connectivity index (χ4v) is 2.75. The van der Waals surface area contributed by atoms with E-state index in [2.05, 4.69) is 31.0 Å². The van der Waals surface area contributed by atoms with E-state index in [9.17, 15) is 0 Å². The number of nitrogens with one attached hydrogen (secondary N) is 1. The van der Waals surface area contributed by atoms with Gasteiger partial charge in [0.15, 0.2) is 0 Å². The van der Waals surface area contributed by atoms with E-state index in [4.69, 9.17) is 0 Å². The summed E-state index contributed by atoms with van der Waals surface area (Å²) < 4.78 is 0. The van der Waals surface area contributed by atoms with Crippen LogP contribution in [0.5, 0.6) is 0 Å². The zero-order valence-electron chi connectivity index (χ0n) is 11.5. The van der Waals surface area contributed by atoms with Crippen LogP contribution in [0.4, 0.5) is 0 Å². The maximum atomic E-state index is 3.56. The van der Waals surface area contributed by atoms with Gasteiger partial charge in [-0.25, -0.2) is 0 Å². The van der Waals surface area contributed by atoms with Gasteiger partial charge in [0.25, 0.3) is 0 Å². The standard InChI is InChI=1S/C14H30N2/c1-4-6-7-10-16-11-8-14(9-12-16)13(3)15-5-2/h13-15H,4-12H2,1-3H3. The highest BCUT2D eigenvalue weighted by Gasteiger charge is 2.22. The summed E-state index contributed by atoms with van der Waals surface area (Å²) >= 11 is 0. The molecule has 1 unspecified atom stereocenters. The third-order valence-corrected chi connectivity index (χ3v) is 3.94. The highest BCUT2D eigenvalue weighted by Crippen LogP contribution is 2.20. The summed E-state index contributed by atoms with van der Waals surface area (Å²) in [5.74, 6) is 0.905. The van der Waals surface area contributed by atoms with E-state index in [-0.39, 0.29) is 0 Å². The molecule has 0 saturated carbocycles. The van der Waals surface area contributed by atoms with Crippen molar-refractivity contribution in [1.82, 2.24) is 10.2 Å². The molecule has 0 spiro atoms. The SMILES string of the molecule is CCCCCN1CCC(C(C)NCC)CC1. The Morgan fingerprint density at radius 2 is 1.88 bits per heavy atom. The van der Waals surface area contributed by atoms with Gasteiger partial charge in [-0.05, 0) is 58.3 Å². The molecule has 1 heterocycles. The molecule has 1 aliphatic rings. The lowest BCUT2D eigenvalue weighted by Crippen LogP contribution is -2.42. The molecule has 96 valence electrons. The lowest BCUT2D eigenvalue weighted by molar-refractivity contribution is 0.161. The van der Waals surface area contributed by atoms with E-state index in [0.29, 0.717) is 6.04 Å². The smallest absolute Gasteiger partial charge is 0.00678 e. The van der Waals surface area contributed by atoms with Crippen LogP contribution >= 0.6 is 0 Å². The molecule has 0 bridgehead atoms. The van der Waals surface area contributed by atoms with Crippen molar-refractivity contribution < 1.29 is 0 Å². The molecule has 0 radical (unpaired) electrons. The molecule has 1 N–H and O–H groups in total. The Bertz CT molecular complexity index is 162. The summed E-state index contributed by atoms with van der Waals surface area (Å²) in [5.41, 5.74) is 0. The van der Waals surface area contributed by atoms with E-state index in [1.165, 1.54) is 51.7 Å². The molecule has 1 fully saturated rings. The molecule has 0 aliphatic carbocycles. The van der Waals surface area contributed by atoms with Gasteiger partial charge in [-0.15, -0.1) is 0 Å². The number of nitrogens with zero attached hydrogens (tertiary/aromatic N) is 1. The monoisotopic (exact) mass is 226 g/mol. The first kappa shape index (κ1) is 14.0. The highest BCUT2D eigenvalue weighted by atomic mass is 15.1. The molecule has 1 atom stereocenters. The Balaban J connectivity index is 2.13. The maximum Gasteiger partial charge on any atom is 0.00678 e. The molecule has 16 heavy (non-hydrogen) atoms. The van der Waals surface area contributed by atoms with Gasteiger partial charge in [-0.2, -0.15) is 0 Å². The third-order valence-electron chi connectivity index (χ3n) is 3.94. The Kier molecular flexibility index (Phi) is 7.06. The van der Waals surface area contributed by atoms with Crippen LogP contribution in [-0.4, -0.2) is 37.1 Å². The van der Waals surface area contributed by atoms with Crippen LogP contribution in [0.3, 0.4) is 0 Å². The minimum Gasteiger partial charge on any atom is -0.314 e. The van der Waals surface area contributed by atoms with Crippen LogP contribution in [0, 0.1) is 5.92 Å². The molecule has 0 aromatic heterocycles. The van der Waals surface area contributed by atoms with Crippen LogP contribution in [0.25, 0.3) is 0 Å². The average Bonchev–Trinajstić information content (AvgIpc) is 2.30. The number of hydrogen-bond acceptors (Lipinski definition) is 2. The molecule has 0 amide bonds. The van der Waals surface area contributed by atoms with Crippen LogP contribution < -0.4 is 5.32 Å². The van der Waals surface area contributed by atoms with E-state index in [1.54, 1.807) is 0 Å². The quantitative estimate of drug-likeness (QED) is 0.672. The summed E-state index contributed by atoms with van der Waals surface area (Å²) in [6, 6.07) is 0.711. The van der Waals surface area contributed by atoms with Crippen molar-refractivity contribution in [2.45, 2.75) is 58.9 Å². The number of piperidine rings is 1. The van der Waals surface area contributed by atoms with Crippen molar-refractivity contribution in [2.24, 2.45) is 5.92 Å². The van der Waals surface area contributed by atoms with Crippen molar-refractivity contribution >= 4 is 0 Å². The molecule has 1 rings (SSSR count). The Morgan fingerprint density at radius 1 is 1.19 bits per heavy atom. The number of rotatable bonds is 7. The van der Waals surface area contributed by atoms with Gasteiger partial charge in [0.1, 0.15) is 0 Å². The van der Waals surface area contributed by atoms with Crippen LogP contribution in [-0.2, 0) is 0 Å². The molecular formula is C14H30N2. The fraction of sp³-hybridized carbons (Fsp3) is 1.00. The lowest BCUT2D eigenvalue weighted by Gasteiger charge is -2.35. The van der Waals surface area contributed by atoms with Crippen LogP contribution in [0.2, 0.25) is 0 Å². The van der Waals surface area contributed by atoms with E-state index >= 15 is 0 Å². The highest BCUT2D eigenvalue weighted by molar-refractivity contribution is 4.79. The van der Waals surface area contributed by atoms with Crippen LogP contribution in [0.15, 0.2) is 0 Å². The Labute approximate surface area is 102 Å². The van der Waals surface area contributed by atoms with Gasteiger partial charge >= 0.3 is 0 Å². The Morgan fingerprint density at radius 3 is 2.44 bits per heavy atom. The first-order chi connectivity index (χ1) is 7.77. The minimum absolute atomic E-state index is 0.711. The second-order valence-electron chi connectivity index (χ2n) is 5.23. The molecule has 1 saturated heterocycles. The first-order valence-electron chi connectivity index (χ1n) is 7.23. The summed E-state index contributed by atoms with van der Waals surface area (Å²) in [4.78, 5) is 2.66. The van der Waals surface area contributed by atoms with Gasteiger partial charge in [0.2, 0.25) is 0 Å². The fourth-order valence-electron chi connectivity index (χ4n) is 2.75. The van der Waals surface area contributed by atoms with E-state index < -0.39 is 0 Å². The second-order valence-corrected chi connectivity index (χ2v) is 5.23. The largest absolute Gasteiger partial charge is 0.314 e. The zero-order chi connectivity index (χ0) is 11.8. The van der Waals surface area contributed by atoms with Gasteiger partial charge in [0.05, 0.1) is 0 Å². The molecule has 2 nitrogen and oxygen atoms in total. The number of hydrogen-bond donors (Lipinski definition) is 1. The molecule has 2 heteroatoms. The normalized spacial score (nSPS) is 21.2. The van der Waals surface area contributed by atoms with Crippen molar-refractivity contribution in [3.8, 4) is 0 Å². The van der Waals surface area contributed by atoms with Gasteiger partial charge in [-0.1, -0.05) is 26.7 Å². The zero-order valence-corrected chi connectivity index (χ0v) is 11.5. The molecule has 1 aliphatic heterocycles. The minimum atomic E-state index is 0.711. The first-order valence-corrected chi connectivity index (χ1v) is 7.23. The second kappa shape index (κ2) is 8.08. The predicted molar refractivity (Wildman–Crippen MR) is 71.8 cm³/mol. The molecule has 0 aromatic carbocycles. The Hall–Kier alpha value is -0.0800. The van der Waals surface area contributed by atoms with Crippen molar-refractivity contribution in [3.63, 3.8) is 0 Å². The summed E-state index contributed by atoms with van der Waals surface area (Å²) in [5, 5.41) is 3.56. The topological polar surface area (TPSA) is 15.3 Å². The summed E-state index contributed by atoms with van der Waals surface area (Å²) in [7, 11) is 0. The van der Waals surface area contributed by atoms with Gasteiger partial charge < -0.3 is 10.2 Å². The van der Waals surface area contributed by atoms with Crippen LogP contribution in [0.1, 0.15) is 52.9 Å². The van der Waals surface area contributed by atoms with Crippen molar-refractivity contribution in [3.05, 3.63) is 0 Å². The number of unbranched alkanes of at least 4 members (excludes halogenated alkanes) is 2. The van der Waals surface area contributed by atoms with Gasteiger partial charge in [-0.3, -0.25) is 0 Å². The summed E-state index contributed by atoms with van der Waals surface area (Å²) in [6.07, 6.45) is 6.91.